The van der Waals surface area contributed by atoms with Crippen LogP contribution in [0, 0.1) is 0 Å². The fourth-order valence-corrected chi connectivity index (χ4v) is 4.90. The van der Waals surface area contributed by atoms with Crippen molar-refractivity contribution < 1.29 is 4.21 Å². The van der Waals surface area contributed by atoms with Crippen LogP contribution in [0.5, 0.6) is 0 Å². The zero-order chi connectivity index (χ0) is 13.1. The van der Waals surface area contributed by atoms with Gasteiger partial charge < -0.3 is 0 Å². The molecule has 2 rings (SSSR count). The van der Waals surface area contributed by atoms with Crippen molar-refractivity contribution in [3.05, 3.63) is 37.4 Å². The van der Waals surface area contributed by atoms with Crippen LogP contribution in [0.4, 0.5) is 0 Å². The molecule has 0 radical (unpaired) electrons. The van der Waals surface area contributed by atoms with E-state index >= 15 is 0 Å². The van der Waals surface area contributed by atoms with Crippen molar-refractivity contribution in [2.24, 2.45) is 0 Å². The molecule has 2 heterocycles. The Kier molecular flexibility index (Phi) is 4.95. The number of hydrogen-bond donors (Lipinski definition) is 0. The molecule has 0 aliphatic heterocycles. The van der Waals surface area contributed by atoms with Crippen LogP contribution in [0.1, 0.15) is 35.3 Å². The Bertz CT molecular complexity index is 547. The average molecular weight is 320 g/mol. The number of rotatable bonds is 5. The van der Waals surface area contributed by atoms with Gasteiger partial charge in [0.1, 0.15) is 0 Å². The van der Waals surface area contributed by atoms with Crippen LogP contribution >= 0.6 is 34.3 Å². The van der Waals surface area contributed by atoms with Gasteiger partial charge in [-0.05, 0) is 12.1 Å². The van der Waals surface area contributed by atoms with Gasteiger partial charge in [-0.3, -0.25) is 4.21 Å². The third-order valence-corrected chi connectivity index (χ3v) is 6.16. The minimum absolute atomic E-state index is 0.438. The van der Waals surface area contributed by atoms with Crippen LogP contribution in [0.25, 0.3) is 0 Å². The highest BCUT2D eigenvalue weighted by Crippen LogP contribution is 2.24. The molecule has 0 saturated carbocycles. The number of nitrogens with zero attached hydrogens (tertiary/aromatic N) is 1. The Morgan fingerprint density at radius 2 is 2.17 bits per heavy atom. The molecule has 0 N–H and O–H groups in total. The summed E-state index contributed by atoms with van der Waals surface area (Å²) in [6.07, 6.45) is 0. The molecule has 2 aromatic rings. The van der Waals surface area contributed by atoms with Crippen molar-refractivity contribution >= 4 is 45.1 Å². The molecule has 0 aliphatic carbocycles. The van der Waals surface area contributed by atoms with Crippen LogP contribution in [0.15, 0.2) is 17.5 Å². The normalized spacial score (nSPS) is 13.1. The Morgan fingerprint density at radius 1 is 1.39 bits per heavy atom. The standard InChI is InChI=1S/C12H14ClNOS3/c1-8(2)12-14-9(5-16-12)6-18(15)7-10-3-4-11(13)17-10/h3-5,8H,6-7H2,1-2H3/t18-/m0/s1. The lowest BCUT2D eigenvalue weighted by atomic mass is 10.2. The predicted molar refractivity (Wildman–Crippen MR) is 81.1 cm³/mol. The summed E-state index contributed by atoms with van der Waals surface area (Å²) in [7, 11) is -0.913. The first-order chi connectivity index (χ1) is 8.54. The molecule has 18 heavy (non-hydrogen) atoms. The fourth-order valence-electron chi connectivity index (χ4n) is 1.46. The molecular formula is C12H14ClNOS3. The summed E-state index contributed by atoms with van der Waals surface area (Å²) >= 11 is 8.99. The molecule has 0 amide bonds. The van der Waals surface area contributed by atoms with E-state index in [9.17, 15) is 4.21 Å². The van der Waals surface area contributed by atoms with E-state index in [0.717, 1.165) is 19.9 Å². The molecule has 2 aromatic heterocycles. The topological polar surface area (TPSA) is 30.0 Å². The van der Waals surface area contributed by atoms with Gasteiger partial charge in [0.2, 0.25) is 0 Å². The second-order valence-electron chi connectivity index (χ2n) is 4.27. The van der Waals surface area contributed by atoms with Gasteiger partial charge in [0.05, 0.1) is 26.5 Å². The van der Waals surface area contributed by atoms with E-state index in [4.69, 9.17) is 11.6 Å². The maximum atomic E-state index is 12.0. The van der Waals surface area contributed by atoms with Crippen LogP contribution in [0.2, 0.25) is 4.34 Å². The van der Waals surface area contributed by atoms with Gasteiger partial charge >= 0.3 is 0 Å². The minimum Gasteiger partial charge on any atom is -0.259 e. The molecular weight excluding hydrogens is 306 g/mol. The molecule has 0 saturated heterocycles. The van der Waals surface area contributed by atoms with Crippen LogP contribution in [-0.2, 0) is 22.3 Å². The SMILES string of the molecule is CC(C)c1nc(C[S@](=O)Cc2ccc(Cl)s2)cs1. The molecule has 0 bridgehead atoms. The zero-order valence-electron chi connectivity index (χ0n) is 10.2. The molecule has 0 unspecified atom stereocenters. The maximum absolute atomic E-state index is 12.0. The van der Waals surface area contributed by atoms with Gasteiger partial charge in [0, 0.05) is 27.0 Å². The third-order valence-electron chi connectivity index (χ3n) is 2.30. The quantitative estimate of drug-likeness (QED) is 0.816. The molecule has 0 fully saturated rings. The molecule has 0 spiro atoms. The summed E-state index contributed by atoms with van der Waals surface area (Å²) in [5.74, 6) is 1.53. The second-order valence-corrected chi connectivity index (χ2v) is 8.41. The lowest BCUT2D eigenvalue weighted by Crippen LogP contribution is -1.99. The van der Waals surface area contributed by atoms with E-state index in [1.807, 2.05) is 17.5 Å². The Balaban J connectivity index is 1.94. The maximum Gasteiger partial charge on any atom is 0.0954 e. The monoisotopic (exact) mass is 319 g/mol. The number of aromatic nitrogens is 1. The van der Waals surface area contributed by atoms with Crippen molar-refractivity contribution in [1.82, 2.24) is 4.98 Å². The summed E-state index contributed by atoms with van der Waals surface area (Å²) in [5.41, 5.74) is 0.935. The van der Waals surface area contributed by atoms with E-state index in [-0.39, 0.29) is 0 Å². The second kappa shape index (κ2) is 6.28. The van der Waals surface area contributed by atoms with E-state index in [1.54, 1.807) is 11.3 Å². The van der Waals surface area contributed by atoms with E-state index in [1.165, 1.54) is 11.3 Å². The summed E-state index contributed by atoms with van der Waals surface area (Å²) in [6, 6.07) is 3.78. The van der Waals surface area contributed by atoms with Gasteiger partial charge in [-0.25, -0.2) is 4.98 Å². The van der Waals surface area contributed by atoms with Crippen molar-refractivity contribution in [1.29, 1.82) is 0 Å². The van der Waals surface area contributed by atoms with Crippen molar-refractivity contribution in [2.75, 3.05) is 0 Å². The number of halogens is 1. The van der Waals surface area contributed by atoms with Gasteiger partial charge in [0.25, 0.3) is 0 Å². The lowest BCUT2D eigenvalue weighted by molar-refractivity contribution is 0.682. The van der Waals surface area contributed by atoms with Crippen molar-refractivity contribution in [2.45, 2.75) is 31.3 Å². The highest BCUT2D eigenvalue weighted by atomic mass is 35.5. The van der Waals surface area contributed by atoms with E-state index in [2.05, 4.69) is 18.8 Å². The molecule has 6 heteroatoms. The average Bonchev–Trinajstić information content (AvgIpc) is 2.88. The first-order valence-electron chi connectivity index (χ1n) is 5.58. The Hall–Kier alpha value is -0.230. The lowest BCUT2D eigenvalue weighted by Gasteiger charge is -1.98. The first-order valence-corrected chi connectivity index (χ1v) is 9.14. The molecule has 2 nitrogen and oxygen atoms in total. The van der Waals surface area contributed by atoms with Gasteiger partial charge in [0.15, 0.2) is 0 Å². The minimum atomic E-state index is -0.913. The molecule has 1 atom stereocenters. The van der Waals surface area contributed by atoms with Crippen LogP contribution in [0.3, 0.4) is 0 Å². The van der Waals surface area contributed by atoms with Crippen molar-refractivity contribution in [3.8, 4) is 0 Å². The molecule has 98 valence electrons. The van der Waals surface area contributed by atoms with Gasteiger partial charge in [-0.2, -0.15) is 0 Å². The number of hydrogen-bond acceptors (Lipinski definition) is 4. The largest absolute Gasteiger partial charge is 0.259 e. The Morgan fingerprint density at radius 3 is 2.72 bits per heavy atom. The summed E-state index contributed by atoms with van der Waals surface area (Å²) in [4.78, 5) is 5.57. The van der Waals surface area contributed by atoms with Gasteiger partial charge in [-0.1, -0.05) is 25.4 Å². The predicted octanol–water partition coefficient (Wildman–Crippen LogP) is 4.43. The summed E-state index contributed by atoms with van der Waals surface area (Å²) in [5, 5.41) is 3.12. The van der Waals surface area contributed by atoms with Crippen molar-refractivity contribution in [3.63, 3.8) is 0 Å². The first kappa shape index (κ1) is 14.2. The van der Waals surface area contributed by atoms with Crippen LogP contribution < -0.4 is 0 Å². The number of thiazole rings is 1. The zero-order valence-corrected chi connectivity index (χ0v) is 13.4. The van der Waals surface area contributed by atoms with Gasteiger partial charge in [-0.15, -0.1) is 22.7 Å². The third kappa shape index (κ3) is 3.88. The summed E-state index contributed by atoms with van der Waals surface area (Å²) in [6.45, 7) is 4.24. The van der Waals surface area contributed by atoms with E-state index < -0.39 is 10.8 Å². The van der Waals surface area contributed by atoms with E-state index in [0.29, 0.717) is 17.4 Å². The molecule has 0 aliphatic rings. The molecule has 0 aromatic carbocycles. The summed E-state index contributed by atoms with van der Waals surface area (Å²) < 4.78 is 12.8. The highest BCUT2D eigenvalue weighted by molar-refractivity contribution is 7.83. The Labute approximate surface area is 122 Å². The fraction of sp³-hybridized carbons (Fsp3) is 0.417. The smallest absolute Gasteiger partial charge is 0.0954 e. The van der Waals surface area contributed by atoms with Crippen LogP contribution in [-0.4, -0.2) is 9.19 Å². The highest BCUT2D eigenvalue weighted by Gasteiger charge is 2.10. The number of thiophene rings is 1.